The van der Waals surface area contributed by atoms with Gasteiger partial charge in [-0.05, 0) is 24.7 Å². The third-order valence-electron chi connectivity index (χ3n) is 2.75. The Hall–Kier alpha value is 0.310. The molecule has 1 nitrogen and oxygen atoms in total. The van der Waals surface area contributed by atoms with Gasteiger partial charge in [0.2, 0.25) is 0 Å². The summed E-state index contributed by atoms with van der Waals surface area (Å²) in [5.41, 5.74) is 0. The molecule has 1 saturated heterocycles. The number of hydrogen-bond donors (Lipinski definition) is 0. The second-order valence-electron chi connectivity index (χ2n) is 3.93. The molecule has 0 amide bonds. The summed E-state index contributed by atoms with van der Waals surface area (Å²) in [6, 6.07) is 0. The Kier molecular flexibility index (Phi) is 4.44. The van der Waals surface area contributed by atoms with Crippen LogP contribution in [0.2, 0.25) is 0 Å². The molecule has 0 saturated carbocycles. The lowest BCUT2D eigenvalue weighted by molar-refractivity contribution is 0.237. The van der Waals surface area contributed by atoms with Crippen molar-refractivity contribution in [2.24, 2.45) is 11.8 Å². The number of hydrogen-bond acceptors (Lipinski definition) is 2. The van der Waals surface area contributed by atoms with Gasteiger partial charge in [-0.15, -0.1) is 0 Å². The van der Waals surface area contributed by atoms with Gasteiger partial charge in [0.25, 0.3) is 0 Å². The number of nitrogens with zero attached hydrogens (tertiary/aromatic N) is 1. The van der Waals surface area contributed by atoms with Crippen LogP contribution in [0.25, 0.3) is 0 Å². The molecule has 1 rings (SSSR count). The Morgan fingerprint density at radius 1 is 1.33 bits per heavy atom. The number of rotatable bonds is 3. The Morgan fingerprint density at radius 3 is 2.33 bits per heavy atom. The fourth-order valence-corrected chi connectivity index (χ4v) is 2.69. The van der Waals surface area contributed by atoms with Crippen molar-refractivity contribution in [2.45, 2.75) is 33.6 Å². The van der Waals surface area contributed by atoms with Crippen molar-refractivity contribution in [3.8, 4) is 0 Å². The highest BCUT2D eigenvalue weighted by molar-refractivity contribution is 7.96. The minimum Gasteiger partial charge on any atom is -0.251 e. The van der Waals surface area contributed by atoms with E-state index in [1.165, 1.54) is 31.7 Å². The summed E-state index contributed by atoms with van der Waals surface area (Å²) < 4.78 is 2.53. The first-order valence-corrected chi connectivity index (χ1v) is 6.06. The Morgan fingerprint density at radius 2 is 1.92 bits per heavy atom. The monoisotopic (exact) mass is 187 g/mol. The molecule has 0 aliphatic carbocycles. The lowest BCUT2D eigenvalue weighted by Gasteiger charge is -2.32. The van der Waals surface area contributed by atoms with Crippen molar-refractivity contribution in [1.29, 1.82) is 0 Å². The van der Waals surface area contributed by atoms with Crippen molar-refractivity contribution < 1.29 is 0 Å². The maximum Gasteiger partial charge on any atom is 0.00920 e. The van der Waals surface area contributed by atoms with E-state index in [-0.39, 0.29) is 0 Å². The summed E-state index contributed by atoms with van der Waals surface area (Å²) in [4.78, 5) is 0. The molecule has 0 atom stereocenters. The Balaban J connectivity index is 2.20. The summed E-state index contributed by atoms with van der Waals surface area (Å²) in [5.74, 6) is 3.10. The van der Waals surface area contributed by atoms with Crippen molar-refractivity contribution in [2.75, 3.05) is 18.8 Å². The molecule has 12 heavy (non-hydrogen) atoms. The van der Waals surface area contributed by atoms with E-state index in [0.29, 0.717) is 0 Å². The van der Waals surface area contributed by atoms with E-state index in [4.69, 9.17) is 0 Å². The zero-order valence-electron chi connectivity index (χ0n) is 8.55. The van der Waals surface area contributed by atoms with Gasteiger partial charge in [-0.25, -0.2) is 0 Å². The predicted octanol–water partition coefficient (Wildman–Crippen LogP) is 3.02. The SMILES string of the molecule is CCSN1CCC(C(C)C)CC1. The van der Waals surface area contributed by atoms with Gasteiger partial charge in [0, 0.05) is 18.8 Å². The summed E-state index contributed by atoms with van der Waals surface area (Å²) in [6.45, 7) is 9.56. The van der Waals surface area contributed by atoms with Crippen LogP contribution in [0.1, 0.15) is 33.6 Å². The fourth-order valence-electron chi connectivity index (χ4n) is 1.85. The third-order valence-corrected chi connectivity index (χ3v) is 3.74. The van der Waals surface area contributed by atoms with Crippen LogP contribution in [-0.4, -0.2) is 23.1 Å². The van der Waals surface area contributed by atoms with Crippen LogP contribution in [0.4, 0.5) is 0 Å². The van der Waals surface area contributed by atoms with Crippen LogP contribution in [0, 0.1) is 11.8 Å². The summed E-state index contributed by atoms with van der Waals surface area (Å²) in [6.07, 6.45) is 2.81. The maximum atomic E-state index is 2.53. The molecule has 0 aromatic carbocycles. The summed E-state index contributed by atoms with van der Waals surface area (Å²) in [5, 5.41) is 0. The van der Waals surface area contributed by atoms with E-state index in [0.717, 1.165) is 11.8 Å². The molecule has 1 aliphatic heterocycles. The molecule has 0 aromatic heterocycles. The molecule has 0 N–H and O–H groups in total. The van der Waals surface area contributed by atoms with Gasteiger partial charge in [-0.2, -0.15) is 0 Å². The zero-order chi connectivity index (χ0) is 8.97. The first-order valence-electron chi connectivity index (χ1n) is 5.12. The lowest BCUT2D eigenvalue weighted by atomic mass is 9.87. The van der Waals surface area contributed by atoms with Gasteiger partial charge in [-0.3, -0.25) is 4.31 Å². The lowest BCUT2D eigenvalue weighted by Crippen LogP contribution is -2.30. The van der Waals surface area contributed by atoms with Crippen molar-refractivity contribution in [3.05, 3.63) is 0 Å². The van der Waals surface area contributed by atoms with Crippen LogP contribution < -0.4 is 0 Å². The topological polar surface area (TPSA) is 3.24 Å². The molecule has 2 heteroatoms. The second-order valence-corrected chi connectivity index (χ2v) is 5.28. The van der Waals surface area contributed by atoms with E-state index in [1.54, 1.807) is 0 Å². The summed E-state index contributed by atoms with van der Waals surface area (Å²) >= 11 is 2.00. The first-order chi connectivity index (χ1) is 5.74. The van der Waals surface area contributed by atoms with E-state index in [1.807, 2.05) is 11.9 Å². The van der Waals surface area contributed by atoms with Gasteiger partial charge in [0.05, 0.1) is 0 Å². The average Bonchev–Trinajstić information content (AvgIpc) is 2.06. The minimum absolute atomic E-state index is 0.888. The highest BCUT2D eigenvalue weighted by Gasteiger charge is 2.20. The van der Waals surface area contributed by atoms with Gasteiger partial charge >= 0.3 is 0 Å². The molecule has 0 bridgehead atoms. The highest BCUT2D eigenvalue weighted by Crippen LogP contribution is 2.27. The van der Waals surface area contributed by atoms with Crippen molar-refractivity contribution in [3.63, 3.8) is 0 Å². The molecule has 1 heterocycles. The third kappa shape index (κ3) is 2.98. The molecule has 0 aromatic rings. The van der Waals surface area contributed by atoms with Crippen LogP contribution >= 0.6 is 11.9 Å². The Labute approximate surface area is 81.0 Å². The van der Waals surface area contributed by atoms with Gasteiger partial charge < -0.3 is 0 Å². The van der Waals surface area contributed by atoms with Crippen molar-refractivity contribution in [1.82, 2.24) is 4.31 Å². The van der Waals surface area contributed by atoms with Gasteiger partial charge in [0.1, 0.15) is 0 Å². The van der Waals surface area contributed by atoms with Gasteiger partial charge in [-0.1, -0.05) is 32.7 Å². The second kappa shape index (κ2) is 5.13. The molecule has 0 spiro atoms. The van der Waals surface area contributed by atoms with E-state index >= 15 is 0 Å². The van der Waals surface area contributed by atoms with Crippen LogP contribution in [-0.2, 0) is 0 Å². The molecule has 1 fully saturated rings. The predicted molar refractivity (Wildman–Crippen MR) is 57.3 cm³/mol. The summed E-state index contributed by atoms with van der Waals surface area (Å²) in [7, 11) is 0. The fraction of sp³-hybridized carbons (Fsp3) is 1.00. The van der Waals surface area contributed by atoms with Crippen LogP contribution in [0.5, 0.6) is 0 Å². The first kappa shape index (κ1) is 10.4. The van der Waals surface area contributed by atoms with E-state index < -0.39 is 0 Å². The average molecular weight is 187 g/mol. The molecule has 0 unspecified atom stereocenters. The quantitative estimate of drug-likeness (QED) is 0.625. The molecule has 72 valence electrons. The molecule has 1 aliphatic rings. The Bertz CT molecular complexity index is 117. The molecular formula is C10H21NS. The van der Waals surface area contributed by atoms with E-state index in [2.05, 4.69) is 25.1 Å². The molecule has 0 radical (unpaired) electrons. The minimum atomic E-state index is 0.888. The van der Waals surface area contributed by atoms with Crippen molar-refractivity contribution >= 4 is 11.9 Å². The maximum absolute atomic E-state index is 2.53. The largest absolute Gasteiger partial charge is 0.251 e. The number of piperidine rings is 1. The van der Waals surface area contributed by atoms with Crippen LogP contribution in [0.15, 0.2) is 0 Å². The van der Waals surface area contributed by atoms with E-state index in [9.17, 15) is 0 Å². The zero-order valence-corrected chi connectivity index (χ0v) is 9.36. The normalized spacial score (nSPS) is 22.0. The van der Waals surface area contributed by atoms with Crippen LogP contribution in [0.3, 0.4) is 0 Å². The van der Waals surface area contributed by atoms with Gasteiger partial charge in [0.15, 0.2) is 0 Å². The molecular weight excluding hydrogens is 166 g/mol. The highest BCUT2D eigenvalue weighted by atomic mass is 32.2. The smallest absolute Gasteiger partial charge is 0.00920 e. The standard InChI is InChI=1S/C10H21NS/c1-4-12-11-7-5-10(6-8-11)9(2)3/h9-10H,4-8H2,1-3H3.